The van der Waals surface area contributed by atoms with Crippen molar-refractivity contribution < 1.29 is 4.74 Å². The fourth-order valence-corrected chi connectivity index (χ4v) is 2.89. The van der Waals surface area contributed by atoms with E-state index in [2.05, 4.69) is 45.7 Å². The summed E-state index contributed by atoms with van der Waals surface area (Å²) < 4.78 is 5.64. The lowest BCUT2D eigenvalue weighted by molar-refractivity contribution is -0.00483. The Bertz CT molecular complexity index is 424. The molecule has 0 N–H and O–H groups in total. The van der Waals surface area contributed by atoms with Crippen LogP contribution in [0.15, 0.2) is 12.3 Å². The smallest absolute Gasteiger partial charge is 0.131 e. The van der Waals surface area contributed by atoms with Crippen LogP contribution in [-0.2, 0) is 10.1 Å². The zero-order valence-corrected chi connectivity index (χ0v) is 13.0. The largest absolute Gasteiger partial charge is 0.377 e. The predicted molar refractivity (Wildman–Crippen MR) is 78.5 cm³/mol. The van der Waals surface area contributed by atoms with Crippen molar-refractivity contribution in [1.29, 1.82) is 0 Å². The molecule has 0 radical (unpaired) electrons. The number of nitrogens with zero attached hydrogens (tertiary/aromatic N) is 2. The van der Waals surface area contributed by atoms with Crippen molar-refractivity contribution in [3.8, 4) is 0 Å². The molecule has 1 aliphatic rings. The SMILES string of the molecule is COC1(C)CCCN(c2ncc(CBr)cc2C)C1. The molecule has 1 aromatic heterocycles. The molecular formula is C14H21BrN2O. The molecule has 1 saturated heterocycles. The number of piperidine rings is 1. The average molecular weight is 313 g/mol. The molecule has 1 fully saturated rings. The number of methoxy groups -OCH3 is 1. The number of ether oxygens (including phenoxy) is 1. The van der Waals surface area contributed by atoms with Gasteiger partial charge in [-0.05, 0) is 37.8 Å². The second-order valence-electron chi connectivity index (χ2n) is 5.30. The summed E-state index contributed by atoms with van der Waals surface area (Å²) in [6, 6.07) is 2.20. The Balaban J connectivity index is 2.21. The van der Waals surface area contributed by atoms with Gasteiger partial charge in [0.1, 0.15) is 5.82 Å². The zero-order valence-electron chi connectivity index (χ0n) is 11.4. The van der Waals surface area contributed by atoms with Crippen LogP contribution < -0.4 is 4.90 Å². The lowest BCUT2D eigenvalue weighted by Gasteiger charge is -2.40. The first-order chi connectivity index (χ1) is 8.58. The number of hydrogen-bond acceptors (Lipinski definition) is 3. The molecule has 1 atom stereocenters. The third kappa shape index (κ3) is 2.86. The van der Waals surface area contributed by atoms with Gasteiger partial charge in [0, 0.05) is 31.7 Å². The monoisotopic (exact) mass is 312 g/mol. The minimum absolute atomic E-state index is 0.0412. The lowest BCUT2D eigenvalue weighted by Crippen LogP contribution is -2.48. The van der Waals surface area contributed by atoms with Gasteiger partial charge < -0.3 is 9.64 Å². The Labute approximate surface area is 118 Å². The number of alkyl halides is 1. The molecule has 0 aliphatic carbocycles. The average Bonchev–Trinajstić information content (AvgIpc) is 2.38. The molecule has 18 heavy (non-hydrogen) atoms. The van der Waals surface area contributed by atoms with Crippen LogP contribution in [-0.4, -0.2) is 30.8 Å². The summed E-state index contributed by atoms with van der Waals surface area (Å²) in [5.41, 5.74) is 2.43. The molecule has 0 saturated carbocycles. The number of aromatic nitrogens is 1. The predicted octanol–water partition coefficient (Wildman–Crippen LogP) is 3.29. The summed E-state index contributed by atoms with van der Waals surface area (Å²) in [6.07, 6.45) is 4.24. The van der Waals surface area contributed by atoms with Gasteiger partial charge >= 0.3 is 0 Å². The van der Waals surface area contributed by atoms with E-state index >= 15 is 0 Å². The minimum atomic E-state index is -0.0412. The van der Waals surface area contributed by atoms with E-state index in [4.69, 9.17) is 4.74 Å². The van der Waals surface area contributed by atoms with Crippen LogP contribution in [0.2, 0.25) is 0 Å². The van der Waals surface area contributed by atoms with Gasteiger partial charge in [-0.25, -0.2) is 4.98 Å². The Hall–Kier alpha value is -0.610. The molecular weight excluding hydrogens is 292 g/mol. The van der Waals surface area contributed by atoms with E-state index in [1.165, 1.54) is 11.1 Å². The van der Waals surface area contributed by atoms with Gasteiger partial charge in [-0.15, -0.1) is 0 Å². The molecule has 0 aromatic carbocycles. The maximum Gasteiger partial charge on any atom is 0.131 e. The van der Waals surface area contributed by atoms with E-state index in [1.54, 1.807) is 7.11 Å². The lowest BCUT2D eigenvalue weighted by atomic mass is 9.94. The van der Waals surface area contributed by atoms with Gasteiger partial charge in [-0.3, -0.25) is 0 Å². The van der Waals surface area contributed by atoms with Crippen LogP contribution >= 0.6 is 15.9 Å². The van der Waals surface area contributed by atoms with Gasteiger partial charge in [-0.1, -0.05) is 22.0 Å². The first-order valence-electron chi connectivity index (χ1n) is 6.39. The molecule has 1 unspecified atom stereocenters. The molecule has 2 heterocycles. The van der Waals surface area contributed by atoms with E-state index in [0.29, 0.717) is 0 Å². The van der Waals surface area contributed by atoms with Crippen molar-refractivity contribution >= 4 is 21.7 Å². The van der Waals surface area contributed by atoms with E-state index < -0.39 is 0 Å². The van der Waals surface area contributed by atoms with Crippen LogP contribution in [0.3, 0.4) is 0 Å². The van der Waals surface area contributed by atoms with Crippen LogP contribution in [0.25, 0.3) is 0 Å². The summed E-state index contributed by atoms with van der Waals surface area (Å²) >= 11 is 3.47. The molecule has 2 rings (SSSR count). The number of hydrogen-bond donors (Lipinski definition) is 0. The third-order valence-corrected chi connectivity index (χ3v) is 4.36. The van der Waals surface area contributed by atoms with Crippen molar-refractivity contribution in [3.05, 3.63) is 23.4 Å². The fourth-order valence-electron chi connectivity index (χ4n) is 2.58. The number of aryl methyl sites for hydroxylation is 1. The van der Waals surface area contributed by atoms with Crippen LogP contribution in [0.4, 0.5) is 5.82 Å². The van der Waals surface area contributed by atoms with E-state index in [0.717, 1.165) is 37.1 Å². The first-order valence-corrected chi connectivity index (χ1v) is 7.52. The van der Waals surface area contributed by atoms with Crippen LogP contribution in [0, 0.1) is 6.92 Å². The summed E-state index contributed by atoms with van der Waals surface area (Å²) in [4.78, 5) is 6.96. The number of halogens is 1. The highest BCUT2D eigenvalue weighted by Gasteiger charge is 2.31. The molecule has 0 amide bonds. The maximum atomic E-state index is 5.64. The van der Waals surface area contributed by atoms with Crippen LogP contribution in [0.1, 0.15) is 30.9 Å². The zero-order chi connectivity index (χ0) is 13.2. The molecule has 100 valence electrons. The molecule has 1 aliphatic heterocycles. The van der Waals surface area contributed by atoms with Crippen molar-refractivity contribution in [3.63, 3.8) is 0 Å². The maximum absolute atomic E-state index is 5.64. The molecule has 3 nitrogen and oxygen atoms in total. The van der Waals surface area contributed by atoms with Gasteiger partial charge in [0.25, 0.3) is 0 Å². The minimum Gasteiger partial charge on any atom is -0.377 e. The number of rotatable bonds is 3. The second-order valence-corrected chi connectivity index (χ2v) is 5.86. The Morgan fingerprint density at radius 2 is 2.33 bits per heavy atom. The number of pyridine rings is 1. The molecule has 1 aromatic rings. The number of anilines is 1. The topological polar surface area (TPSA) is 25.4 Å². The summed E-state index contributed by atoms with van der Waals surface area (Å²) in [5.74, 6) is 1.10. The summed E-state index contributed by atoms with van der Waals surface area (Å²) in [6.45, 7) is 6.31. The highest BCUT2D eigenvalue weighted by Crippen LogP contribution is 2.29. The highest BCUT2D eigenvalue weighted by molar-refractivity contribution is 9.08. The van der Waals surface area contributed by atoms with Crippen molar-refractivity contribution in [2.75, 3.05) is 25.1 Å². The van der Waals surface area contributed by atoms with E-state index in [9.17, 15) is 0 Å². The Morgan fingerprint density at radius 3 is 2.94 bits per heavy atom. The summed E-state index contributed by atoms with van der Waals surface area (Å²) in [5, 5.41) is 0.858. The normalized spacial score (nSPS) is 24.3. The van der Waals surface area contributed by atoms with Gasteiger partial charge in [0.2, 0.25) is 0 Å². The highest BCUT2D eigenvalue weighted by atomic mass is 79.9. The third-order valence-electron chi connectivity index (χ3n) is 3.71. The quantitative estimate of drug-likeness (QED) is 0.801. The van der Waals surface area contributed by atoms with Gasteiger partial charge in [0.15, 0.2) is 0 Å². The fraction of sp³-hybridized carbons (Fsp3) is 0.643. The van der Waals surface area contributed by atoms with Crippen molar-refractivity contribution in [2.45, 2.75) is 37.6 Å². The van der Waals surface area contributed by atoms with E-state index in [1.807, 2.05) is 6.20 Å². The van der Waals surface area contributed by atoms with Crippen molar-refractivity contribution in [2.24, 2.45) is 0 Å². The molecule has 4 heteroatoms. The van der Waals surface area contributed by atoms with Crippen molar-refractivity contribution in [1.82, 2.24) is 4.98 Å². The molecule has 0 bridgehead atoms. The van der Waals surface area contributed by atoms with Gasteiger partial charge in [-0.2, -0.15) is 0 Å². The van der Waals surface area contributed by atoms with Gasteiger partial charge in [0.05, 0.1) is 5.60 Å². The second kappa shape index (κ2) is 5.57. The summed E-state index contributed by atoms with van der Waals surface area (Å²) in [7, 11) is 1.80. The van der Waals surface area contributed by atoms with E-state index in [-0.39, 0.29) is 5.60 Å². The standard InChI is InChI=1S/C14H21BrN2O/c1-11-7-12(8-15)9-16-13(11)17-6-4-5-14(2,10-17)18-3/h7,9H,4-6,8,10H2,1-3H3. The Morgan fingerprint density at radius 1 is 1.56 bits per heavy atom. The van der Waals surface area contributed by atoms with Crippen LogP contribution in [0.5, 0.6) is 0 Å². The first kappa shape index (κ1) is 13.8. The molecule has 0 spiro atoms. The Kier molecular flexibility index (Phi) is 4.28.